The maximum Gasteiger partial charge on any atom is 0.259 e. The third-order valence-electron chi connectivity index (χ3n) is 4.89. The Hall–Kier alpha value is -3.94. The van der Waals surface area contributed by atoms with Crippen LogP contribution in [0.1, 0.15) is 22.3 Å². The van der Waals surface area contributed by atoms with Crippen molar-refractivity contribution in [3.63, 3.8) is 0 Å². The Bertz CT molecular complexity index is 1240. The van der Waals surface area contributed by atoms with E-state index in [1.54, 1.807) is 6.07 Å². The van der Waals surface area contributed by atoms with Gasteiger partial charge in [0, 0.05) is 17.5 Å². The first-order valence-electron chi connectivity index (χ1n) is 9.04. The number of aromatic amines is 1. The van der Waals surface area contributed by atoms with E-state index >= 15 is 0 Å². The number of para-hydroxylation sites is 1. The van der Waals surface area contributed by atoms with Crippen LogP contribution in [0.3, 0.4) is 0 Å². The van der Waals surface area contributed by atoms with Gasteiger partial charge in [0.2, 0.25) is 5.91 Å². The molecule has 7 nitrogen and oxygen atoms in total. The van der Waals surface area contributed by atoms with Crippen molar-refractivity contribution in [2.75, 3.05) is 10.6 Å². The highest BCUT2D eigenvalue weighted by molar-refractivity contribution is 6.08. The Balaban J connectivity index is 1.46. The van der Waals surface area contributed by atoms with E-state index in [2.05, 4.69) is 20.8 Å². The van der Waals surface area contributed by atoms with Gasteiger partial charge in [-0.1, -0.05) is 18.2 Å². The van der Waals surface area contributed by atoms with Crippen LogP contribution in [0.15, 0.2) is 53.1 Å². The minimum Gasteiger partial charge on any atom is -0.454 e. The van der Waals surface area contributed by atoms with Crippen LogP contribution in [-0.4, -0.2) is 22.0 Å². The van der Waals surface area contributed by atoms with Gasteiger partial charge in [0.25, 0.3) is 5.91 Å². The molecule has 0 unspecified atom stereocenters. The molecule has 4 aromatic rings. The summed E-state index contributed by atoms with van der Waals surface area (Å²) in [6, 6.07) is 12.0. The van der Waals surface area contributed by atoms with Crippen LogP contribution >= 0.6 is 0 Å². The number of benzene rings is 2. The second-order valence-electron chi connectivity index (χ2n) is 6.80. The number of hydrogen-bond acceptors (Lipinski definition) is 4. The minimum absolute atomic E-state index is 0.0206. The van der Waals surface area contributed by atoms with Crippen molar-refractivity contribution in [1.29, 1.82) is 0 Å². The van der Waals surface area contributed by atoms with Crippen molar-refractivity contribution in [3.05, 3.63) is 65.6 Å². The molecule has 144 valence electrons. The molecule has 1 aliphatic heterocycles. The molecule has 2 aromatic carbocycles. The molecule has 0 saturated heterocycles. The van der Waals surface area contributed by atoms with Gasteiger partial charge in [-0.25, -0.2) is 4.39 Å². The van der Waals surface area contributed by atoms with Gasteiger partial charge >= 0.3 is 0 Å². The molecule has 3 heterocycles. The number of carbonyl (C=O) groups is 2. The average Bonchev–Trinajstić information content (AvgIpc) is 3.35. The van der Waals surface area contributed by atoms with Gasteiger partial charge in [-0.3, -0.25) is 14.7 Å². The Morgan fingerprint density at radius 2 is 2.03 bits per heavy atom. The Morgan fingerprint density at radius 1 is 1.17 bits per heavy atom. The lowest BCUT2D eigenvalue weighted by Crippen LogP contribution is -2.20. The molecule has 0 bridgehead atoms. The molecule has 0 atom stereocenters. The number of rotatable bonds is 3. The minimum atomic E-state index is -0.568. The largest absolute Gasteiger partial charge is 0.454 e. The van der Waals surface area contributed by atoms with Crippen LogP contribution in [-0.2, 0) is 11.2 Å². The van der Waals surface area contributed by atoms with Crippen LogP contribution in [0, 0.1) is 5.82 Å². The van der Waals surface area contributed by atoms with Crippen molar-refractivity contribution in [3.8, 4) is 11.5 Å². The molecule has 1 aliphatic rings. The number of amides is 2. The summed E-state index contributed by atoms with van der Waals surface area (Å²) in [5.41, 5.74) is 2.47. The average molecular weight is 390 g/mol. The van der Waals surface area contributed by atoms with E-state index in [0.717, 1.165) is 5.39 Å². The zero-order valence-corrected chi connectivity index (χ0v) is 15.1. The zero-order chi connectivity index (χ0) is 20.0. The van der Waals surface area contributed by atoms with Crippen LogP contribution in [0.2, 0.25) is 0 Å². The van der Waals surface area contributed by atoms with Gasteiger partial charge in [0.15, 0.2) is 5.76 Å². The van der Waals surface area contributed by atoms with Crippen LogP contribution < -0.4 is 10.6 Å². The number of nitrogens with one attached hydrogen (secondary N) is 3. The van der Waals surface area contributed by atoms with E-state index in [1.807, 2.05) is 24.3 Å². The first kappa shape index (κ1) is 17.2. The van der Waals surface area contributed by atoms with E-state index in [9.17, 15) is 14.0 Å². The molecule has 0 fully saturated rings. The zero-order valence-electron chi connectivity index (χ0n) is 15.1. The topological polar surface area (TPSA) is 100 Å². The first-order chi connectivity index (χ1) is 14.1. The molecular weight excluding hydrogens is 375 g/mol. The van der Waals surface area contributed by atoms with Crippen molar-refractivity contribution in [2.24, 2.45) is 0 Å². The highest BCUT2D eigenvalue weighted by atomic mass is 19.1. The van der Waals surface area contributed by atoms with E-state index in [4.69, 9.17) is 4.42 Å². The number of fused-ring (bicyclic) bond motifs is 2. The smallest absolute Gasteiger partial charge is 0.259 e. The Kier molecular flexibility index (Phi) is 3.90. The second kappa shape index (κ2) is 6.59. The Labute approximate surface area is 163 Å². The van der Waals surface area contributed by atoms with Gasteiger partial charge in [-0.15, -0.1) is 0 Å². The molecule has 2 amide bonds. The van der Waals surface area contributed by atoms with Crippen molar-refractivity contribution in [2.45, 2.75) is 12.8 Å². The van der Waals surface area contributed by atoms with Crippen molar-refractivity contribution >= 4 is 34.2 Å². The standard InChI is InChI=1S/C21H15FN4O3/c22-14-7-11-5-6-19(27)24-15(11)9-16(14)25-21(28)13-10-23-26-20(13)18-8-12-3-1-2-4-17(12)29-18/h1-4,7-10H,5-6H2,(H,23,26)(H,24,27)(H,25,28). The highest BCUT2D eigenvalue weighted by Gasteiger charge is 2.22. The fraction of sp³-hybridized carbons (Fsp3) is 0.0952. The fourth-order valence-electron chi connectivity index (χ4n) is 3.44. The molecule has 0 radical (unpaired) electrons. The summed E-state index contributed by atoms with van der Waals surface area (Å²) in [5.74, 6) is -0.798. The molecule has 0 aliphatic carbocycles. The van der Waals surface area contributed by atoms with Crippen LogP contribution in [0.4, 0.5) is 15.8 Å². The number of hydrogen-bond donors (Lipinski definition) is 3. The summed E-state index contributed by atoms with van der Waals surface area (Å²) in [5, 5.41) is 12.8. The number of aromatic nitrogens is 2. The number of H-pyrrole nitrogens is 1. The van der Waals surface area contributed by atoms with Gasteiger partial charge in [-0.05, 0) is 36.2 Å². The van der Waals surface area contributed by atoms with Gasteiger partial charge < -0.3 is 15.1 Å². The summed E-state index contributed by atoms with van der Waals surface area (Å²) in [7, 11) is 0. The summed E-state index contributed by atoms with van der Waals surface area (Å²) in [6.07, 6.45) is 2.13. The van der Waals surface area contributed by atoms with E-state index in [0.29, 0.717) is 41.1 Å². The molecular formula is C21H15FN4O3. The molecule has 3 N–H and O–H groups in total. The van der Waals surface area contributed by atoms with Gasteiger partial charge in [0.1, 0.15) is 17.1 Å². The maximum absolute atomic E-state index is 14.5. The third kappa shape index (κ3) is 3.04. The number of furan rings is 1. The van der Waals surface area contributed by atoms with Gasteiger partial charge in [0.05, 0.1) is 17.4 Å². The molecule has 5 rings (SSSR count). The maximum atomic E-state index is 14.5. The van der Waals surface area contributed by atoms with E-state index in [1.165, 1.54) is 18.3 Å². The summed E-state index contributed by atoms with van der Waals surface area (Å²) in [4.78, 5) is 24.4. The Morgan fingerprint density at radius 3 is 2.90 bits per heavy atom. The predicted molar refractivity (Wildman–Crippen MR) is 105 cm³/mol. The lowest BCUT2D eigenvalue weighted by Gasteiger charge is -2.18. The molecule has 0 spiro atoms. The quantitative estimate of drug-likeness (QED) is 0.490. The van der Waals surface area contributed by atoms with Gasteiger partial charge in [-0.2, -0.15) is 5.10 Å². The number of aryl methyl sites for hydroxylation is 1. The van der Waals surface area contributed by atoms with Crippen LogP contribution in [0.25, 0.3) is 22.4 Å². The number of halogens is 1. The molecule has 8 heteroatoms. The fourth-order valence-corrected chi connectivity index (χ4v) is 3.44. The first-order valence-corrected chi connectivity index (χ1v) is 9.04. The van der Waals surface area contributed by atoms with Crippen molar-refractivity contribution in [1.82, 2.24) is 10.2 Å². The summed E-state index contributed by atoms with van der Waals surface area (Å²) < 4.78 is 20.3. The summed E-state index contributed by atoms with van der Waals surface area (Å²) >= 11 is 0. The van der Waals surface area contributed by atoms with E-state index in [-0.39, 0.29) is 17.2 Å². The third-order valence-corrected chi connectivity index (χ3v) is 4.89. The predicted octanol–water partition coefficient (Wildman–Crippen LogP) is 4.10. The van der Waals surface area contributed by atoms with E-state index < -0.39 is 11.7 Å². The highest BCUT2D eigenvalue weighted by Crippen LogP contribution is 2.31. The lowest BCUT2D eigenvalue weighted by molar-refractivity contribution is -0.116. The normalized spacial score (nSPS) is 13.2. The van der Waals surface area contributed by atoms with Crippen LogP contribution in [0.5, 0.6) is 0 Å². The second-order valence-corrected chi connectivity index (χ2v) is 6.80. The number of nitrogens with zero attached hydrogens (tertiary/aromatic N) is 1. The SMILES string of the molecule is O=C1CCc2cc(F)c(NC(=O)c3cn[nH]c3-c3cc4ccccc4o3)cc2N1. The lowest BCUT2D eigenvalue weighted by atomic mass is 10.0. The summed E-state index contributed by atoms with van der Waals surface area (Å²) in [6.45, 7) is 0. The van der Waals surface area contributed by atoms with Crippen molar-refractivity contribution < 1.29 is 18.4 Å². The molecule has 2 aromatic heterocycles. The molecule has 0 saturated carbocycles. The monoisotopic (exact) mass is 390 g/mol. The molecule has 29 heavy (non-hydrogen) atoms. The number of carbonyl (C=O) groups excluding carboxylic acids is 2. The number of anilines is 2.